The van der Waals surface area contributed by atoms with E-state index in [0.29, 0.717) is 24.2 Å². The van der Waals surface area contributed by atoms with Crippen molar-refractivity contribution in [2.45, 2.75) is 12.8 Å². The van der Waals surface area contributed by atoms with Crippen LogP contribution in [0.3, 0.4) is 0 Å². The summed E-state index contributed by atoms with van der Waals surface area (Å²) >= 11 is 9.54. The van der Waals surface area contributed by atoms with Crippen LogP contribution in [0.1, 0.15) is 11.3 Å². The van der Waals surface area contributed by atoms with E-state index in [-0.39, 0.29) is 0 Å². The summed E-state index contributed by atoms with van der Waals surface area (Å²) in [4.78, 5) is 15.0. The molecule has 0 spiro atoms. The van der Waals surface area contributed by atoms with Crippen LogP contribution >= 0.6 is 74.5 Å². The summed E-state index contributed by atoms with van der Waals surface area (Å²) < 4.78 is 28.9. The average molecular weight is 1050 g/mol. The first-order valence-electron chi connectivity index (χ1n) is 9.27. The molecular weight excluding hydrogens is 1030 g/mol. The number of aromatic nitrogens is 5. The summed E-state index contributed by atoms with van der Waals surface area (Å²) in [6, 6.07) is 11.0. The number of amides is 1. The van der Waals surface area contributed by atoms with Crippen LogP contribution in [0.2, 0.25) is 0 Å². The molecular formula is C20H19F2I5N7O-. The van der Waals surface area contributed by atoms with Gasteiger partial charge in [0.15, 0.2) is 0 Å². The number of carbonyl (C=O) groups excluding carboxylic acids is 1. The van der Waals surface area contributed by atoms with Gasteiger partial charge < -0.3 is 0 Å². The molecule has 4 aromatic rings. The van der Waals surface area contributed by atoms with E-state index in [0.717, 1.165) is 23.0 Å². The molecule has 0 atom stereocenters. The molecule has 1 amide bonds. The van der Waals surface area contributed by atoms with Crippen molar-refractivity contribution in [1.29, 1.82) is 0 Å². The normalized spacial score (nSPS) is 10.2. The average Bonchev–Trinajstić information content (AvgIpc) is 3.32. The summed E-state index contributed by atoms with van der Waals surface area (Å²) in [6.07, 6.45) is 5.26. The zero-order valence-corrected chi connectivity index (χ0v) is 28.9. The fraction of sp³-hybridized carbons (Fsp3) is 0.150. The fourth-order valence-corrected chi connectivity index (χ4v) is 2.60. The monoisotopic (exact) mass is 1050 g/mol. The predicted molar refractivity (Wildman–Crippen MR) is 163 cm³/mol. The summed E-state index contributed by atoms with van der Waals surface area (Å²) in [5.41, 5.74) is 4.39. The molecule has 35 heavy (non-hydrogen) atoms. The van der Waals surface area contributed by atoms with Gasteiger partial charge in [-0.2, -0.15) is 24.1 Å². The number of rotatable bonds is 3. The molecule has 4 rings (SSSR count). The topological polar surface area (TPSA) is 112 Å². The van der Waals surface area contributed by atoms with Crippen LogP contribution < -0.4 is 24.5 Å². The zero-order valence-electron chi connectivity index (χ0n) is 18.1. The van der Waals surface area contributed by atoms with Crippen LogP contribution in [0, 0.1) is 6.92 Å². The molecule has 0 aliphatic heterocycles. The first-order chi connectivity index (χ1) is 16.7. The third kappa shape index (κ3) is 10.6. The van der Waals surface area contributed by atoms with Gasteiger partial charge >= 0.3 is 62.3 Å². The van der Waals surface area contributed by atoms with E-state index in [1.165, 1.54) is 17.6 Å². The molecule has 0 aliphatic rings. The van der Waals surface area contributed by atoms with Gasteiger partial charge in [0, 0.05) is 73.2 Å². The fourth-order valence-electron chi connectivity index (χ4n) is 2.60. The van der Waals surface area contributed by atoms with Crippen molar-refractivity contribution in [1.82, 2.24) is 30.4 Å². The van der Waals surface area contributed by atoms with Crippen LogP contribution in [0.4, 0.5) is 8.78 Å². The molecule has 15 heteroatoms. The van der Waals surface area contributed by atoms with Crippen LogP contribution in [0.25, 0.3) is 22.2 Å². The Morgan fingerprint density at radius 3 is 2.37 bits per heavy atom. The maximum absolute atomic E-state index is 13.6. The number of fused-ring (bicyclic) bond motifs is 1. The van der Waals surface area contributed by atoms with E-state index in [1.807, 2.05) is 32.3 Å². The smallest absolute Gasteiger partial charge is 0.289 e. The Morgan fingerprint density at radius 2 is 1.83 bits per heavy atom. The molecule has 0 bridgehead atoms. The van der Waals surface area contributed by atoms with E-state index < -0.39 is 17.4 Å². The Morgan fingerprint density at radius 1 is 1.14 bits per heavy atom. The van der Waals surface area contributed by atoms with Gasteiger partial charge in [-0.15, -0.1) is 0 Å². The van der Waals surface area contributed by atoms with Gasteiger partial charge in [-0.3, -0.25) is 19.9 Å². The van der Waals surface area contributed by atoms with Crippen molar-refractivity contribution in [2.75, 3.05) is 0 Å². The second kappa shape index (κ2) is 17.4. The minimum atomic E-state index is -3.65. The molecule has 0 saturated carbocycles. The van der Waals surface area contributed by atoms with Gasteiger partial charge in [0.25, 0.3) is 0 Å². The van der Waals surface area contributed by atoms with Crippen molar-refractivity contribution in [3.05, 3.63) is 72.3 Å². The second-order valence-electron chi connectivity index (χ2n) is 6.48. The number of carbonyl (C=O) groups is 1. The van der Waals surface area contributed by atoms with Gasteiger partial charge in [-0.25, -0.2) is 5.84 Å². The quantitative estimate of drug-likeness (QED) is 0.142. The van der Waals surface area contributed by atoms with Gasteiger partial charge in [-0.1, -0.05) is 12.1 Å². The molecule has 0 aliphatic carbocycles. The second-order valence-corrected chi connectivity index (χ2v) is 22.7. The SMILES string of the molecule is Cc1ccc(-c2cnn(C)c2)nn1.II.I[I-]I.NNC(=O)C(F)(F)c1ccc2ncccc2c1. The van der Waals surface area contributed by atoms with Crippen molar-refractivity contribution in [3.63, 3.8) is 0 Å². The molecule has 0 fully saturated rings. The van der Waals surface area contributed by atoms with E-state index in [1.54, 1.807) is 29.2 Å². The number of hydrogen-bond acceptors (Lipinski definition) is 6. The molecule has 0 radical (unpaired) electrons. The predicted octanol–water partition coefficient (Wildman–Crippen LogP) is 3.05. The molecule has 0 saturated heterocycles. The minimum absolute atomic E-state index is 0.416. The number of aryl methyl sites for hydroxylation is 2. The maximum Gasteiger partial charge on any atom is 0.351 e. The van der Waals surface area contributed by atoms with Gasteiger partial charge in [0.1, 0.15) is 0 Å². The Balaban J connectivity index is 0.000000303. The van der Waals surface area contributed by atoms with Crippen molar-refractivity contribution >= 4 is 91.3 Å². The molecule has 1 aromatic carbocycles. The summed E-state index contributed by atoms with van der Waals surface area (Å²) in [5, 5.41) is 12.6. The minimum Gasteiger partial charge on any atom is -0.289 e. The number of nitrogens with two attached hydrogens (primary N) is 1. The summed E-state index contributed by atoms with van der Waals surface area (Å²) in [5.74, 6) is -0.479. The summed E-state index contributed by atoms with van der Waals surface area (Å²) in [7, 11) is 1.88. The van der Waals surface area contributed by atoms with Crippen molar-refractivity contribution in [3.8, 4) is 11.3 Å². The number of alkyl halides is 2. The zero-order chi connectivity index (χ0) is 26.4. The first kappa shape index (κ1) is 32.9. The Kier molecular flexibility index (Phi) is 16.3. The van der Waals surface area contributed by atoms with Crippen LogP contribution in [0.5, 0.6) is 0 Å². The maximum atomic E-state index is 13.6. The molecule has 190 valence electrons. The number of halogens is 7. The molecule has 0 unspecified atom stereocenters. The number of hydrazine groups is 1. The number of nitrogens with one attached hydrogen (secondary N) is 1. The largest absolute Gasteiger partial charge is 0.351 e. The van der Waals surface area contributed by atoms with Crippen LogP contribution in [-0.4, -0.2) is 30.9 Å². The Labute approximate surface area is 254 Å². The number of benzene rings is 1. The van der Waals surface area contributed by atoms with Gasteiger partial charge in [-0.05, 0) is 37.3 Å². The van der Waals surface area contributed by atoms with E-state index in [2.05, 4.69) is 94.7 Å². The molecule has 3 heterocycles. The number of pyridine rings is 1. The van der Waals surface area contributed by atoms with E-state index in [9.17, 15) is 13.6 Å². The third-order valence-corrected chi connectivity index (χ3v) is 4.18. The third-order valence-electron chi connectivity index (χ3n) is 4.18. The van der Waals surface area contributed by atoms with Crippen LogP contribution in [0.15, 0.2) is 61.1 Å². The summed E-state index contributed by atoms with van der Waals surface area (Å²) in [6.45, 7) is 1.92. The number of hydrogen-bond donors (Lipinski definition) is 2. The Hall–Kier alpha value is -0.140. The van der Waals surface area contributed by atoms with Crippen LogP contribution in [-0.2, 0) is 17.8 Å². The van der Waals surface area contributed by atoms with Gasteiger partial charge in [0.05, 0.1) is 23.1 Å². The van der Waals surface area contributed by atoms with Crippen molar-refractivity contribution < 1.29 is 26.8 Å². The molecule has 8 nitrogen and oxygen atoms in total. The van der Waals surface area contributed by atoms with E-state index >= 15 is 0 Å². The van der Waals surface area contributed by atoms with Crippen molar-refractivity contribution in [2.24, 2.45) is 12.9 Å². The number of nitrogens with zero attached hydrogens (tertiary/aromatic N) is 5. The van der Waals surface area contributed by atoms with E-state index in [4.69, 9.17) is 5.84 Å². The standard InChI is InChI=1S/C11H9F2N3O.C9H10N4.I3.I2/c12-11(13,10(17)16-14)8-3-4-9-7(6-8)2-1-5-15-9;1-7-3-4-9(12-11-7)8-5-10-13(2)6-8;1-3-2;1-2/h1-6H,14H2,(H,16,17);3-6H,1-2H3;;/q;;-1;. The Bertz CT molecular complexity index is 1200. The molecule has 3 aromatic heterocycles. The molecule has 3 N–H and O–H groups in total. The van der Waals surface area contributed by atoms with Gasteiger partial charge in [0.2, 0.25) is 0 Å². The first-order valence-corrected chi connectivity index (χ1v) is 28.1.